The first-order valence-electron chi connectivity index (χ1n) is 8.50. The fourth-order valence-electron chi connectivity index (χ4n) is 4.30. The molecule has 2 aliphatic rings. The molecule has 0 aromatic heterocycles. The van der Waals surface area contributed by atoms with Crippen LogP contribution in [0.3, 0.4) is 0 Å². The maximum atomic E-state index is 3.63. The average molecular weight is 271 g/mol. The van der Waals surface area contributed by atoms with E-state index in [0.29, 0.717) is 11.5 Å². The van der Waals surface area contributed by atoms with Crippen LogP contribution in [0.2, 0.25) is 0 Å². The van der Waals surface area contributed by atoms with Crippen LogP contribution in [0.4, 0.5) is 0 Å². The minimum Gasteiger partial charge on any atom is -0.313 e. The number of rotatable bonds is 4. The van der Waals surface area contributed by atoms with E-state index in [4.69, 9.17) is 0 Å². The number of nitrogens with one attached hydrogen (secondary N) is 1. The van der Waals surface area contributed by atoms with Crippen molar-refractivity contribution in [2.75, 3.05) is 7.05 Å². The van der Waals surface area contributed by atoms with Crippen molar-refractivity contribution < 1.29 is 0 Å². The van der Waals surface area contributed by atoms with Crippen molar-refractivity contribution in [3.05, 3.63) is 35.4 Å². The van der Waals surface area contributed by atoms with Crippen molar-refractivity contribution in [3.63, 3.8) is 0 Å². The van der Waals surface area contributed by atoms with Gasteiger partial charge in [0.15, 0.2) is 0 Å². The zero-order valence-electron chi connectivity index (χ0n) is 13.1. The third-order valence-corrected chi connectivity index (χ3v) is 5.80. The van der Waals surface area contributed by atoms with E-state index in [1.165, 1.54) is 56.9 Å². The highest BCUT2D eigenvalue weighted by molar-refractivity contribution is 5.31. The van der Waals surface area contributed by atoms with E-state index in [1.54, 1.807) is 5.56 Å². The monoisotopic (exact) mass is 271 g/mol. The SMILES string of the molecule is CNC(c1cccc(C2CCC2)c1)C1(C)CCCCC1. The van der Waals surface area contributed by atoms with Gasteiger partial charge in [0.05, 0.1) is 0 Å². The topological polar surface area (TPSA) is 12.0 Å². The van der Waals surface area contributed by atoms with Gasteiger partial charge in [-0.2, -0.15) is 0 Å². The molecule has 2 saturated carbocycles. The molecule has 1 heteroatoms. The van der Waals surface area contributed by atoms with Crippen LogP contribution in [0.25, 0.3) is 0 Å². The molecule has 0 heterocycles. The zero-order chi connectivity index (χ0) is 14.0. The predicted molar refractivity (Wildman–Crippen MR) is 86.0 cm³/mol. The Balaban J connectivity index is 1.84. The molecule has 110 valence electrons. The number of benzene rings is 1. The molecule has 0 spiro atoms. The van der Waals surface area contributed by atoms with Crippen molar-refractivity contribution in [2.45, 2.75) is 70.3 Å². The molecular formula is C19H29N. The first kappa shape index (κ1) is 14.1. The molecule has 1 aromatic carbocycles. The van der Waals surface area contributed by atoms with Crippen LogP contribution in [-0.4, -0.2) is 7.05 Å². The van der Waals surface area contributed by atoms with Gasteiger partial charge in [-0.25, -0.2) is 0 Å². The summed E-state index contributed by atoms with van der Waals surface area (Å²) in [6.45, 7) is 2.49. The maximum absolute atomic E-state index is 3.63. The highest BCUT2D eigenvalue weighted by atomic mass is 14.9. The Kier molecular flexibility index (Phi) is 4.16. The van der Waals surface area contributed by atoms with E-state index in [-0.39, 0.29) is 0 Å². The Hall–Kier alpha value is -0.820. The summed E-state index contributed by atoms with van der Waals surface area (Å²) in [4.78, 5) is 0. The summed E-state index contributed by atoms with van der Waals surface area (Å²) >= 11 is 0. The predicted octanol–water partition coefficient (Wildman–Crippen LogP) is 5.19. The van der Waals surface area contributed by atoms with E-state index < -0.39 is 0 Å². The van der Waals surface area contributed by atoms with Crippen molar-refractivity contribution in [1.82, 2.24) is 5.32 Å². The zero-order valence-corrected chi connectivity index (χ0v) is 13.1. The minimum absolute atomic E-state index is 0.436. The highest BCUT2D eigenvalue weighted by Crippen LogP contribution is 2.46. The lowest BCUT2D eigenvalue weighted by Gasteiger charge is -2.41. The molecule has 1 nitrogen and oxygen atoms in total. The van der Waals surface area contributed by atoms with Gasteiger partial charge in [-0.1, -0.05) is 56.9 Å². The van der Waals surface area contributed by atoms with Gasteiger partial charge < -0.3 is 5.32 Å². The fourth-order valence-corrected chi connectivity index (χ4v) is 4.30. The van der Waals surface area contributed by atoms with Gasteiger partial charge in [0, 0.05) is 6.04 Å². The molecule has 0 saturated heterocycles. The van der Waals surface area contributed by atoms with E-state index in [9.17, 15) is 0 Å². The van der Waals surface area contributed by atoms with Crippen molar-refractivity contribution in [1.29, 1.82) is 0 Å². The van der Waals surface area contributed by atoms with E-state index in [1.807, 2.05) is 0 Å². The van der Waals surface area contributed by atoms with Gasteiger partial charge in [-0.3, -0.25) is 0 Å². The Bertz CT molecular complexity index is 441. The van der Waals surface area contributed by atoms with E-state index in [0.717, 1.165) is 5.92 Å². The third-order valence-electron chi connectivity index (χ3n) is 5.80. The first-order chi connectivity index (χ1) is 9.73. The lowest BCUT2D eigenvalue weighted by molar-refractivity contribution is 0.150. The van der Waals surface area contributed by atoms with Crippen LogP contribution in [-0.2, 0) is 0 Å². The second kappa shape index (κ2) is 5.89. The second-order valence-electron chi connectivity index (χ2n) is 7.23. The summed E-state index contributed by atoms with van der Waals surface area (Å²) in [5.41, 5.74) is 3.53. The summed E-state index contributed by atoms with van der Waals surface area (Å²) in [5.74, 6) is 0.839. The summed E-state index contributed by atoms with van der Waals surface area (Å²) in [7, 11) is 2.14. The molecule has 0 radical (unpaired) electrons. The first-order valence-corrected chi connectivity index (χ1v) is 8.50. The average Bonchev–Trinajstić information content (AvgIpc) is 2.38. The van der Waals surface area contributed by atoms with Gasteiger partial charge in [0.25, 0.3) is 0 Å². The quantitative estimate of drug-likeness (QED) is 0.795. The van der Waals surface area contributed by atoms with Crippen molar-refractivity contribution in [2.24, 2.45) is 5.41 Å². The molecule has 1 N–H and O–H groups in total. The number of hydrogen-bond donors (Lipinski definition) is 1. The smallest absolute Gasteiger partial charge is 0.0372 e. The molecule has 3 rings (SSSR count). The lowest BCUT2D eigenvalue weighted by Crippen LogP contribution is -2.36. The van der Waals surface area contributed by atoms with Crippen LogP contribution in [0.15, 0.2) is 24.3 Å². The van der Waals surface area contributed by atoms with Gasteiger partial charge >= 0.3 is 0 Å². The largest absolute Gasteiger partial charge is 0.313 e. The molecule has 2 aliphatic carbocycles. The van der Waals surface area contributed by atoms with Gasteiger partial charge in [0.2, 0.25) is 0 Å². The van der Waals surface area contributed by atoms with E-state index >= 15 is 0 Å². The van der Waals surface area contributed by atoms with E-state index in [2.05, 4.69) is 43.6 Å². The summed E-state index contributed by atoms with van der Waals surface area (Å²) in [6.07, 6.45) is 11.2. The Labute approximate surface area is 124 Å². The second-order valence-corrected chi connectivity index (χ2v) is 7.23. The molecule has 1 atom stereocenters. The highest BCUT2D eigenvalue weighted by Gasteiger charge is 2.35. The molecule has 2 fully saturated rings. The molecule has 20 heavy (non-hydrogen) atoms. The fraction of sp³-hybridized carbons (Fsp3) is 0.684. The normalized spacial score (nSPS) is 24.1. The van der Waals surface area contributed by atoms with Crippen molar-refractivity contribution in [3.8, 4) is 0 Å². The molecule has 0 bridgehead atoms. The Morgan fingerprint density at radius 3 is 2.45 bits per heavy atom. The third kappa shape index (κ3) is 2.65. The Morgan fingerprint density at radius 1 is 1.10 bits per heavy atom. The molecule has 1 unspecified atom stereocenters. The van der Waals surface area contributed by atoms with Crippen LogP contribution in [0.5, 0.6) is 0 Å². The summed E-state index contributed by atoms with van der Waals surface area (Å²) in [6, 6.07) is 9.96. The molecular weight excluding hydrogens is 242 g/mol. The molecule has 1 aromatic rings. The van der Waals surface area contributed by atoms with Gasteiger partial charge in [0.1, 0.15) is 0 Å². The Morgan fingerprint density at radius 2 is 1.85 bits per heavy atom. The van der Waals surface area contributed by atoms with Crippen LogP contribution < -0.4 is 5.32 Å². The van der Waals surface area contributed by atoms with Gasteiger partial charge in [-0.05, 0) is 55.2 Å². The van der Waals surface area contributed by atoms with Gasteiger partial charge in [-0.15, -0.1) is 0 Å². The van der Waals surface area contributed by atoms with Crippen LogP contribution >= 0.6 is 0 Å². The van der Waals surface area contributed by atoms with Crippen LogP contribution in [0.1, 0.15) is 81.4 Å². The number of hydrogen-bond acceptors (Lipinski definition) is 1. The van der Waals surface area contributed by atoms with Crippen molar-refractivity contribution >= 4 is 0 Å². The standard InChI is InChI=1S/C19H29N/c1-19(12-4-3-5-13-19)18(20-2)17-11-7-10-16(14-17)15-8-6-9-15/h7,10-11,14-15,18,20H,3-6,8-9,12-13H2,1-2H3. The summed E-state index contributed by atoms with van der Waals surface area (Å²) < 4.78 is 0. The molecule has 0 amide bonds. The summed E-state index contributed by atoms with van der Waals surface area (Å²) in [5, 5.41) is 3.63. The van der Waals surface area contributed by atoms with Crippen LogP contribution in [0, 0.1) is 5.41 Å². The minimum atomic E-state index is 0.436. The maximum Gasteiger partial charge on any atom is 0.0372 e. The molecule has 0 aliphatic heterocycles. The lowest BCUT2D eigenvalue weighted by atomic mass is 9.68.